The van der Waals surface area contributed by atoms with Crippen LogP contribution in [0.25, 0.3) is 0 Å². The summed E-state index contributed by atoms with van der Waals surface area (Å²) in [5, 5.41) is 6.81. The lowest BCUT2D eigenvalue weighted by molar-refractivity contribution is -0.120. The molecule has 0 aromatic heterocycles. The smallest absolute Gasteiger partial charge is 0.227 e. The van der Waals surface area contributed by atoms with Gasteiger partial charge in [0.1, 0.15) is 0 Å². The number of hydrogen-bond donors (Lipinski definition) is 2. The van der Waals surface area contributed by atoms with E-state index in [1.165, 1.54) is 32.1 Å². The quantitative estimate of drug-likeness (QED) is 0.445. The molecule has 2 amide bonds. The van der Waals surface area contributed by atoms with Crippen LogP contribution in [-0.4, -0.2) is 24.1 Å². The van der Waals surface area contributed by atoms with E-state index in [9.17, 15) is 9.59 Å². The summed E-state index contributed by atoms with van der Waals surface area (Å²) in [6.45, 7) is 1.73. The van der Waals surface area contributed by atoms with E-state index >= 15 is 0 Å². The highest BCUT2D eigenvalue weighted by atomic mass is 16.1. The summed E-state index contributed by atoms with van der Waals surface area (Å²) in [4.78, 5) is 21.8. The fourth-order valence-electron chi connectivity index (χ4n) is 2.29. The normalized spacial score (nSPS) is 18.6. The standard InChI is InChI=1S/C13H23N3O2/c1-11(16-14-10-17)9-13(18)15-12-7-5-3-2-4-6-8-12/h10,12H,2-9H2,1H3,(H,14,17)(H,15,18)/b16-11+. The molecular weight excluding hydrogens is 230 g/mol. The van der Waals surface area contributed by atoms with Crippen molar-refractivity contribution in [3.05, 3.63) is 0 Å². The van der Waals surface area contributed by atoms with Gasteiger partial charge in [0.25, 0.3) is 0 Å². The predicted octanol–water partition coefficient (Wildman–Crippen LogP) is 1.73. The van der Waals surface area contributed by atoms with Gasteiger partial charge in [-0.25, -0.2) is 5.43 Å². The summed E-state index contributed by atoms with van der Waals surface area (Å²) in [6, 6.07) is 0.310. The predicted molar refractivity (Wildman–Crippen MR) is 71.2 cm³/mol. The second kappa shape index (κ2) is 8.66. The lowest BCUT2D eigenvalue weighted by Crippen LogP contribution is -2.36. The van der Waals surface area contributed by atoms with Crippen LogP contribution in [0.15, 0.2) is 5.10 Å². The molecule has 0 saturated heterocycles. The van der Waals surface area contributed by atoms with Crippen molar-refractivity contribution in [2.45, 2.75) is 64.3 Å². The summed E-state index contributed by atoms with van der Waals surface area (Å²) in [5.41, 5.74) is 2.82. The Kier molecular flexibility index (Phi) is 7.06. The first-order valence-electron chi connectivity index (χ1n) is 6.74. The van der Waals surface area contributed by atoms with E-state index in [1.807, 2.05) is 0 Å². The molecule has 2 N–H and O–H groups in total. The Bertz CT molecular complexity index is 295. The number of hydrogen-bond acceptors (Lipinski definition) is 3. The molecule has 0 aromatic rings. The molecule has 5 heteroatoms. The SMILES string of the molecule is C/C(CC(=O)NC1CCCCCCC1)=N\NC=O. The number of carbonyl (C=O) groups excluding carboxylic acids is 2. The van der Waals surface area contributed by atoms with Crippen molar-refractivity contribution in [2.24, 2.45) is 5.10 Å². The molecule has 5 nitrogen and oxygen atoms in total. The Labute approximate surface area is 108 Å². The molecule has 1 aliphatic carbocycles. The molecule has 0 aliphatic heterocycles. The minimum Gasteiger partial charge on any atom is -0.353 e. The molecule has 0 atom stereocenters. The van der Waals surface area contributed by atoms with Gasteiger partial charge in [0.15, 0.2) is 0 Å². The molecule has 0 spiro atoms. The van der Waals surface area contributed by atoms with Crippen LogP contribution in [0.2, 0.25) is 0 Å². The Balaban J connectivity index is 2.31. The van der Waals surface area contributed by atoms with Crippen LogP contribution in [0.5, 0.6) is 0 Å². The third-order valence-electron chi connectivity index (χ3n) is 3.19. The summed E-state index contributed by atoms with van der Waals surface area (Å²) in [7, 11) is 0. The van der Waals surface area contributed by atoms with E-state index in [2.05, 4.69) is 15.8 Å². The zero-order valence-corrected chi connectivity index (χ0v) is 11.1. The summed E-state index contributed by atoms with van der Waals surface area (Å²) >= 11 is 0. The number of hydrazone groups is 1. The third kappa shape index (κ3) is 6.37. The first kappa shape index (κ1) is 14.7. The lowest BCUT2D eigenvalue weighted by atomic mass is 9.96. The Morgan fingerprint density at radius 1 is 1.22 bits per heavy atom. The van der Waals surface area contributed by atoms with Gasteiger partial charge in [-0.05, 0) is 19.8 Å². The van der Waals surface area contributed by atoms with Crippen LogP contribution >= 0.6 is 0 Å². The fraction of sp³-hybridized carbons (Fsp3) is 0.769. The molecule has 0 unspecified atom stereocenters. The molecule has 1 aliphatic rings. The molecule has 0 bridgehead atoms. The zero-order valence-electron chi connectivity index (χ0n) is 11.1. The second-order valence-corrected chi connectivity index (χ2v) is 4.88. The summed E-state index contributed by atoms with van der Waals surface area (Å²) in [6.07, 6.45) is 9.17. The average Bonchev–Trinajstić information content (AvgIpc) is 2.29. The molecular formula is C13H23N3O2. The highest BCUT2D eigenvalue weighted by molar-refractivity contribution is 5.99. The molecule has 0 radical (unpaired) electrons. The van der Waals surface area contributed by atoms with Crippen LogP contribution in [0.1, 0.15) is 58.3 Å². The van der Waals surface area contributed by atoms with E-state index in [1.54, 1.807) is 6.92 Å². The van der Waals surface area contributed by atoms with Crippen molar-refractivity contribution in [3.63, 3.8) is 0 Å². The first-order chi connectivity index (χ1) is 8.72. The van der Waals surface area contributed by atoms with Gasteiger partial charge in [-0.1, -0.05) is 32.1 Å². The van der Waals surface area contributed by atoms with Crippen LogP contribution in [0.3, 0.4) is 0 Å². The number of rotatable bonds is 5. The maximum Gasteiger partial charge on any atom is 0.227 e. The van der Waals surface area contributed by atoms with Crippen LogP contribution in [-0.2, 0) is 9.59 Å². The Morgan fingerprint density at radius 2 is 1.83 bits per heavy atom. The van der Waals surface area contributed by atoms with E-state index in [0.717, 1.165) is 12.8 Å². The molecule has 1 fully saturated rings. The Morgan fingerprint density at radius 3 is 2.44 bits per heavy atom. The number of nitrogens with zero attached hydrogens (tertiary/aromatic N) is 1. The monoisotopic (exact) mass is 253 g/mol. The van der Waals surface area contributed by atoms with Gasteiger partial charge in [0, 0.05) is 11.8 Å². The van der Waals surface area contributed by atoms with Gasteiger partial charge in [0.05, 0.1) is 6.42 Å². The summed E-state index contributed by atoms with van der Waals surface area (Å²) in [5.74, 6) is -0.00507. The maximum absolute atomic E-state index is 11.8. The van der Waals surface area contributed by atoms with Crippen molar-refractivity contribution < 1.29 is 9.59 Å². The minimum absolute atomic E-state index is 0.00507. The molecule has 1 rings (SSSR count). The fourth-order valence-corrected chi connectivity index (χ4v) is 2.29. The van der Waals surface area contributed by atoms with Crippen LogP contribution in [0, 0.1) is 0 Å². The lowest BCUT2D eigenvalue weighted by Gasteiger charge is -2.20. The average molecular weight is 253 g/mol. The number of amides is 2. The van der Waals surface area contributed by atoms with Gasteiger partial charge in [0.2, 0.25) is 12.3 Å². The third-order valence-corrected chi connectivity index (χ3v) is 3.19. The van der Waals surface area contributed by atoms with E-state index in [4.69, 9.17) is 0 Å². The molecule has 0 heterocycles. The molecule has 1 saturated carbocycles. The van der Waals surface area contributed by atoms with Crippen LogP contribution < -0.4 is 10.7 Å². The zero-order chi connectivity index (χ0) is 13.2. The van der Waals surface area contributed by atoms with Gasteiger partial charge < -0.3 is 5.32 Å². The van der Waals surface area contributed by atoms with Gasteiger partial charge in [-0.15, -0.1) is 0 Å². The minimum atomic E-state index is -0.00507. The highest BCUT2D eigenvalue weighted by Crippen LogP contribution is 2.17. The van der Waals surface area contributed by atoms with Crippen LogP contribution in [0.4, 0.5) is 0 Å². The highest BCUT2D eigenvalue weighted by Gasteiger charge is 2.14. The molecule has 102 valence electrons. The molecule has 0 aromatic carbocycles. The van der Waals surface area contributed by atoms with E-state index in [0.29, 0.717) is 18.2 Å². The van der Waals surface area contributed by atoms with E-state index < -0.39 is 0 Å². The van der Waals surface area contributed by atoms with Crippen molar-refractivity contribution in [1.29, 1.82) is 0 Å². The van der Waals surface area contributed by atoms with Gasteiger partial charge in [-0.2, -0.15) is 5.10 Å². The second-order valence-electron chi connectivity index (χ2n) is 4.88. The largest absolute Gasteiger partial charge is 0.353 e. The summed E-state index contributed by atoms with van der Waals surface area (Å²) < 4.78 is 0. The maximum atomic E-state index is 11.8. The van der Waals surface area contributed by atoms with Crippen molar-refractivity contribution in [1.82, 2.24) is 10.7 Å². The van der Waals surface area contributed by atoms with Crippen molar-refractivity contribution in [3.8, 4) is 0 Å². The van der Waals surface area contributed by atoms with Crippen molar-refractivity contribution in [2.75, 3.05) is 0 Å². The number of carbonyl (C=O) groups is 2. The molecule has 18 heavy (non-hydrogen) atoms. The van der Waals surface area contributed by atoms with Gasteiger partial charge >= 0.3 is 0 Å². The number of nitrogens with one attached hydrogen (secondary N) is 2. The van der Waals surface area contributed by atoms with E-state index in [-0.39, 0.29) is 12.3 Å². The topological polar surface area (TPSA) is 70.6 Å². The Hall–Kier alpha value is -1.39. The first-order valence-corrected chi connectivity index (χ1v) is 6.74. The van der Waals surface area contributed by atoms with Gasteiger partial charge in [-0.3, -0.25) is 9.59 Å². The van der Waals surface area contributed by atoms with Crippen molar-refractivity contribution >= 4 is 18.0 Å².